The van der Waals surface area contributed by atoms with Crippen LogP contribution >= 0.6 is 11.6 Å². The van der Waals surface area contributed by atoms with Gasteiger partial charge in [0.25, 0.3) is 0 Å². The van der Waals surface area contributed by atoms with Crippen molar-refractivity contribution in [2.75, 3.05) is 24.7 Å². The largest absolute Gasteiger partial charge is 0.494 e. The Labute approximate surface area is 277 Å². The molecule has 0 fully saturated rings. The van der Waals surface area contributed by atoms with Gasteiger partial charge in [0.1, 0.15) is 11.5 Å². The highest BCUT2D eigenvalue weighted by Crippen LogP contribution is 2.52. The molecule has 0 atom stereocenters. The van der Waals surface area contributed by atoms with E-state index in [0.717, 1.165) is 48.8 Å². The zero-order valence-corrected chi connectivity index (χ0v) is 30.0. The molecular formula is C41H52ClNO2. The summed E-state index contributed by atoms with van der Waals surface area (Å²) in [6.45, 7) is 24.6. The van der Waals surface area contributed by atoms with E-state index in [-0.39, 0.29) is 10.8 Å². The van der Waals surface area contributed by atoms with Crippen LogP contribution in [0.1, 0.15) is 109 Å². The molecule has 2 aliphatic carbocycles. The number of fused-ring (bicyclic) bond motifs is 2. The maximum Gasteiger partial charge on any atom is 0.119 e. The van der Waals surface area contributed by atoms with Crippen LogP contribution in [0.25, 0.3) is 5.57 Å². The van der Waals surface area contributed by atoms with E-state index in [9.17, 15) is 0 Å². The molecule has 3 aliphatic rings. The molecule has 3 nitrogen and oxygen atoms in total. The fourth-order valence-electron chi connectivity index (χ4n) is 7.86. The first-order valence-corrected chi connectivity index (χ1v) is 17.3. The van der Waals surface area contributed by atoms with Crippen molar-refractivity contribution < 1.29 is 9.47 Å². The van der Waals surface area contributed by atoms with Gasteiger partial charge in [-0.15, -0.1) is 0 Å². The summed E-state index contributed by atoms with van der Waals surface area (Å²) in [6, 6.07) is 8.85. The Balaban J connectivity index is 1.49. The predicted octanol–water partition coefficient (Wildman–Crippen LogP) is 11.4. The number of aryl methyl sites for hydroxylation is 2. The van der Waals surface area contributed by atoms with Crippen molar-refractivity contribution in [1.29, 1.82) is 0 Å². The van der Waals surface area contributed by atoms with Crippen LogP contribution in [0.4, 0.5) is 5.69 Å². The Kier molecular flexibility index (Phi) is 9.53. The highest BCUT2D eigenvalue weighted by molar-refractivity contribution is 6.32. The lowest BCUT2D eigenvalue weighted by molar-refractivity contribution is 0.339. The quantitative estimate of drug-likeness (QED) is 0.277. The fraction of sp³-hybridized carbons (Fsp3) is 0.463. The van der Waals surface area contributed by atoms with Crippen molar-refractivity contribution >= 4 is 22.9 Å². The van der Waals surface area contributed by atoms with Gasteiger partial charge in [-0.25, -0.2) is 0 Å². The predicted molar refractivity (Wildman–Crippen MR) is 193 cm³/mol. The summed E-state index contributed by atoms with van der Waals surface area (Å²) >= 11 is 7.21. The summed E-state index contributed by atoms with van der Waals surface area (Å²) in [7, 11) is 0. The summed E-state index contributed by atoms with van der Waals surface area (Å²) in [6.07, 6.45) is 13.3. The van der Waals surface area contributed by atoms with Crippen LogP contribution in [-0.2, 0) is 10.8 Å². The molecule has 0 saturated heterocycles. The molecule has 0 amide bonds. The van der Waals surface area contributed by atoms with Crippen molar-refractivity contribution in [1.82, 2.24) is 0 Å². The first kappa shape index (κ1) is 33.2. The van der Waals surface area contributed by atoms with E-state index in [4.69, 9.17) is 21.1 Å². The minimum Gasteiger partial charge on any atom is -0.494 e. The lowest BCUT2D eigenvalue weighted by atomic mass is 9.80. The average molecular weight is 626 g/mol. The first-order chi connectivity index (χ1) is 21.4. The minimum atomic E-state index is -0.139. The van der Waals surface area contributed by atoms with Crippen molar-refractivity contribution in [3.05, 3.63) is 104 Å². The fourth-order valence-corrected chi connectivity index (χ4v) is 8.17. The molecule has 0 spiro atoms. The Hall–Kier alpha value is -3.17. The lowest BCUT2D eigenvalue weighted by Crippen LogP contribution is -2.26. The van der Waals surface area contributed by atoms with Crippen molar-refractivity contribution in [3.8, 4) is 11.5 Å². The molecular weight excluding hydrogens is 574 g/mol. The summed E-state index contributed by atoms with van der Waals surface area (Å²) in [5.74, 6) is 1.91. The molecule has 2 aromatic carbocycles. The smallest absolute Gasteiger partial charge is 0.119 e. The number of ether oxygens (including phenoxy) is 2. The average Bonchev–Trinajstić information content (AvgIpc) is 3.35. The molecule has 1 heterocycles. The van der Waals surface area contributed by atoms with E-state index in [1.54, 1.807) is 0 Å². The standard InChI is InChI=1S/C41H52ClNO2/c1-11-32-33(40(7,8)34-24-30(44-13-3)22-26(5)37(32)34)20-18-28-16-15-17-29(38(28)42)19-21-36-41(9,10)35-25-31(45-14-4)23-27(6)39(35)43(36)12-2/h18-25H,11-17H2,1-10H3/b20-18+,29-19+,36-21-. The van der Waals surface area contributed by atoms with Crippen molar-refractivity contribution in [3.63, 3.8) is 0 Å². The Bertz CT molecular complexity index is 1650. The second-order valence-corrected chi connectivity index (χ2v) is 14.1. The molecule has 4 heteroatoms. The van der Waals surface area contributed by atoms with Gasteiger partial charge >= 0.3 is 0 Å². The van der Waals surface area contributed by atoms with Gasteiger partial charge in [-0.05, 0) is 141 Å². The third-order valence-corrected chi connectivity index (χ3v) is 10.6. The van der Waals surface area contributed by atoms with Crippen LogP contribution in [-0.4, -0.2) is 19.8 Å². The molecule has 0 radical (unpaired) electrons. The number of halogens is 1. The van der Waals surface area contributed by atoms with Crippen molar-refractivity contribution in [2.45, 2.75) is 106 Å². The van der Waals surface area contributed by atoms with E-state index < -0.39 is 0 Å². The normalized spacial score (nSPS) is 20.6. The molecule has 0 saturated carbocycles. The van der Waals surface area contributed by atoms with Gasteiger partial charge in [0, 0.05) is 33.8 Å². The number of allylic oxidation sites excluding steroid dienone is 10. The van der Waals surface area contributed by atoms with Crippen LogP contribution in [0.5, 0.6) is 11.5 Å². The summed E-state index contributed by atoms with van der Waals surface area (Å²) in [5, 5.41) is 0.905. The van der Waals surface area contributed by atoms with Gasteiger partial charge < -0.3 is 14.4 Å². The van der Waals surface area contributed by atoms with Crippen molar-refractivity contribution in [2.24, 2.45) is 0 Å². The molecule has 45 heavy (non-hydrogen) atoms. The molecule has 2 aromatic rings. The number of hydrogen-bond donors (Lipinski definition) is 0. The van der Waals surface area contributed by atoms with Gasteiger partial charge in [0.05, 0.1) is 13.2 Å². The zero-order chi connectivity index (χ0) is 32.7. The topological polar surface area (TPSA) is 21.7 Å². The highest BCUT2D eigenvalue weighted by Gasteiger charge is 2.41. The Morgan fingerprint density at radius 3 is 2.07 bits per heavy atom. The zero-order valence-electron chi connectivity index (χ0n) is 29.2. The van der Waals surface area contributed by atoms with E-state index in [1.165, 1.54) is 61.5 Å². The molecule has 0 bridgehead atoms. The van der Waals surface area contributed by atoms with Crippen LogP contribution in [0.2, 0.25) is 0 Å². The Morgan fingerprint density at radius 1 is 0.800 bits per heavy atom. The number of hydrogen-bond acceptors (Lipinski definition) is 3. The Morgan fingerprint density at radius 2 is 1.44 bits per heavy atom. The number of nitrogens with zero attached hydrogens (tertiary/aromatic N) is 1. The maximum atomic E-state index is 7.21. The SMILES string of the molecule is CCOc1cc(C)c2c(c1)C(C)(C)C(/C=C/C1=C(Cl)C(=C/C=C3\N(CC)c4c(C)cc(OCC)cc4C3(C)C)/CCC1)=C2CC. The van der Waals surface area contributed by atoms with Crippen LogP contribution in [0, 0.1) is 13.8 Å². The third-order valence-electron chi connectivity index (χ3n) is 10.1. The molecule has 1 aliphatic heterocycles. The van der Waals surface area contributed by atoms with E-state index in [2.05, 4.69) is 109 Å². The molecule has 240 valence electrons. The summed E-state index contributed by atoms with van der Waals surface area (Å²) in [4.78, 5) is 2.47. The molecule has 5 rings (SSSR count). The number of anilines is 1. The van der Waals surface area contributed by atoms with Gasteiger partial charge in [0.2, 0.25) is 0 Å². The summed E-state index contributed by atoms with van der Waals surface area (Å²) in [5.41, 5.74) is 14.3. The van der Waals surface area contributed by atoms with Gasteiger partial charge in [-0.1, -0.05) is 64.4 Å². The first-order valence-electron chi connectivity index (χ1n) is 17.0. The van der Waals surface area contributed by atoms with Crippen LogP contribution in [0.15, 0.2) is 76.0 Å². The van der Waals surface area contributed by atoms with E-state index >= 15 is 0 Å². The van der Waals surface area contributed by atoms with Gasteiger partial charge in [-0.2, -0.15) is 0 Å². The second kappa shape index (κ2) is 12.9. The maximum absolute atomic E-state index is 7.21. The van der Waals surface area contributed by atoms with Crippen LogP contribution < -0.4 is 14.4 Å². The lowest BCUT2D eigenvalue weighted by Gasteiger charge is -2.26. The number of rotatable bonds is 9. The third kappa shape index (κ3) is 5.82. The van der Waals surface area contributed by atoms with E-state index in [1.807, 2.05) is 13.8 Å². The highest BCUT2D eigenvalue weighted by atomic mass is 35.5. The monoisotopic (exact) mass is 625 g/mol. The number of likely N-dealkylation sites (N-methyl/N-ethyl adjacent to an activating group) is 1. The van der Waals surface area contributed by atoms with E-state index in [0.29, 0.717) is 13.2 Å². The second-order valence-electron chi connectivity index (χ2n) is 13.7. The van der Waals surface area contributed by atoms with Crippen LogP contribution in [0.3, 0.4) is 0 Å². The number of benzene rings is 2. The summed E-state index contributed by atoms with van der Waals surface area (Å²) < 4.78 is 11.9. The molecule has 0 aromatic heterocycles. The van der Waals surface area contributed by atoms with Gasteiger partial charge in [0.15, 0.2) is 0 Å². The molecule has 0 unspecified atom stereocenters. The van der Waals surface area contributed by atoms with Gasteiger partial charge in [-0.3, -0.25) is 0 Å². The minimum absolute atomic E-state index is 0.104. The molecule has 0 N–H and O–H groups in total.